The summed E-state index contributed by atoms with van der Waals surface area (Å²) >= 11 is 0. The molecular formula is C25H23FN4O. The van der Waals surface area contributed by atoms with Crippen molar-refractivity contribution in [1.82, 2.24) is 19.4 Å². The molecule has 2 aromatic carbocycles. The summed E-state index contributed by atoms with van der Waals surface area (Å²) in [4.78, 5) is 24.3. The highest BCUT2D eigenvalue weighted by Gasteiger charge is 2.26. The van der Waals surface area contributed by atoms with Crippen LogP contribution in [0.15, 0.2) is 67.0 Å². The van der Waals surface area contributed by atoms with Crippen molar-refractivity contribution in [3.63, 3.8) is 0 Å². The number of nitrogens with zero attached hydrogens (tertiary/aromatic N) is 4. The van der Waals surface area contributed by atoms with E-state index in [0.717, 1.165) is 47.4 Å². The van der Waals surface area contributed by atoms with Crippen molar-refractivity contribution in [2.75, 3.05) is 13.1 Å². The number of amides is 1. The summed E-state index contributed by atoms with van der Waals surface area (Å²) in [5.74, 6) is -0.0474. The number of benzene rings is 2. The van der Waals surface area contributed by atoms with Gasteiger partial charge in [0, 0.05) is 42.9 Å². The van der Waals surface area contributed by atoms with Gasteiger partial charge in [-0.05, 0) is 67.4 Å². The van der Waals surface area contributed by atoms with E-state index in [1.807, 2.05) is 52.9 Å². The Morgan fingerprint density at radius 3 is 2.77 bits per heavy atom. The summed E-state index contributed by atoms with van der Waals surface area (Å²) in [7, 11) is 1.94. The topological polar surface area (TPSA) is 51.0 Å². The van der Waals surface area contributed by atoms with Gasteiger partial charge in [0.2, 0.25) is 0 Å². The number of pyridine rings is 1. The van der Waals surface area contributed by atoms with Crippen LogP contribution in [0.4, 0.5) is 4.39 Å². The molecule has 3 heterocycles. The van der Waals surface area contributed by atoms with Gasteiger partial charge >= 0.3 is 0 Å². The number of hydrogen-bond acceptors (Lipinski definition) is 3. The maximum atomic E-state index is 13.3. The number of aryl methyl sites for hydroxylation is 1. The molecular weight excluding hydrogens is 391 g/mol. The second kappa shape index (κ2) is 7.95. The third-order valence-corrected chi connectivity index (χ3v) is 6.01. The number of hydrogen-bond donors (Lipinski definition) is 0. The summed E-state index contributed by atoms with van der Waals surface area (Å²) in [6.45, 7) is 1.38. The van der Waals surface area contributed by atoms with Gasteiger partial charge in [0.15, 0.2) is 0 Å². The van der Waals surface area contributed by atoms with E-state index >= 15 is 0 Å². The van der Waals surface area contributed by atoms with Gasteiger partial charge in [0.25, 0.3) is 5.91 Å². The fraction of sp³-hybridized carbons (Fsp3) is 0.240. The minimum absolute atomic E-state index is 0.0342. The second-order valence-corrected chi connectivity index (χ2v) is 8.10. The lowest BCUT2D eigenvalue weighted by atomic mass is 9.93. The summed E-state index contributed by atoms with van der Waals surface area (Å²) < 4.78 is 15.2. The lowest BCUT2D eigenvalue weighted by Crippen LogP contribution is -2.39. The van der Waals surface area contributed by atoms with Crippen LogP contribution in [0.3, 0.4) is 0 Å². The monoisotopic (exact) mass is 414 g/mol. The summed E-state index contributed by atoms with van der Waals surface area (Å²) in [6, 6.07) is 18.0. The molecule has 1 atom stereocenters. The molecule has 1 aliphatic rings. The Hall–Kier alpha value is -3.54. The zero-order chi connectivity index (χ0) is 21.4. The molecule has 1 aliphatic heterocycles. The molecule has 5 nitrogen and oxygen atoms in total. The van der Waals surface area contributed by atoms with E-state index in [9.17, 15) is 9.18 Å². The van der Waals surface area contributed by atoms with Crippen molar-refractivity contribution in [3.05, 3.63) is 84.1 Å². The van der Waals surface area contributed by atoms with Gasteiger partial charge in [-0.1, -0.05) is 6.07 Å². The van der Waals surface area contributed by atoms with Crippen molar-refractivity contribution >= 4 is 16.9 Å². The quantitative estimate of drug-likeness (QED) is 0.484. The van der Waals surface area contributed by atoms with Crippen LogP contribution in [0.25, 0.3) is 22.3 Å². The first-order valence-corrected chi connectivity index (χ1v) is 10.5. The van der Waals surface area contributed by atoms with Crippen molar-refractivity contribution in [1.29, 1.82) is 0 Å². The van der Waals surface area contributed by atoms with Crippen molar-refractivity contribution in [2.45, 2.75) is 18.8 Å². The van der Waals surface area contributed by atoms with Crippen LogP contribution in [-0.2, 0) is 7.05 Å². The van der Waals surface area contributed by atoms with Crippen LogP contribution in [0.2, 0.25) is 0 Å². The van der Waals surface area contributed by atoms with E-state index < -0.39 is 0 Å². The molecule has 4 aromatic rings. The van der Waals surface area contributed by atoms with Gasteiger partial charge in [-0.15, -0.1) is 0 Å². The Bertz CT molecular complexity index is 1250. The Morgan fingerprint density at radius 2 is 1.94 bits per heavy atom. The number of carbonyl (C=O) groups is 1. The van der Waals surface area contributed by atoms with E-state index in [1.54, 1.807) is 18.5 Å². The molecule has 1 saturated heterocycles. The highest BCUT2D eigenvalue weighted by atomic mass is 19.1. The Kier molecular flexibility index (Phi) is 4.98. The molecule has 0 unspecified atom stereocenters. The maximum absolute atomic E-state index is 13.3. The van der Waals surface area contributed by atoms with E-state index in [2.05, 4.69) is 4.98 Å². The minimum atomic E-state index is -0.259. The number of likely N-dealkylation sites (tertiary alicyclic amines) is 1. The summed E-state index contributed by atoms with van der Waals surface area (Å²) in [5, 5.41) is 0. The summed E-state index contributed by atoms with van der Waals surface area (Å²) in [5.41, 5.74) is 5.18. The first kappa shape index (κ1) is 19.4. The fourth-order valence-corrected chi connectivity index (χ4v) is 4.31. The molecule has 1 fully saturated rings. The number of imidazole rings is 1. The van der Waals surface area contributed by atoms with Crippen molar-refractivity contribution in [3.8, 4) is 11.3 Å². The van der Waals surface area contributed by atoms with Gasteiger partial charge in [0.05, 0.1) is 23.1 Å². The van der Waals surface area contributed by atoms with Crippen LogP contribution in [-0.4, -0.2) is 38.4 Å². The van der Waals surface area contributed by atoms with Crippen LogP contribution >= 0.6 is 0 Å². The van der Waals surface area contributed by atoms with E-state index in [0.29, 0.717) is 12.1 Å². The summed E-state index contributed by atoms with van der Waals surface area (Å²) in [6.07, 6.45) is 3.68. The number of piperidine rings is 1. The number of carbonyl (C=O) groups excluding carboxylic acids is 1. The highest BCUT2D eigenvalue weighted by Crippen LogP contribution is 2.29. The van der Waals surface area contributed by atoms with E-state index in [1.165, 1.54) is 12.1 Å². The largest absolute Gasteiger partial charge is 0.338 e. The lowest BCUT2D eigenvalue weighted by molar-refractivity contribution is 0.0706. The normalized spacial score (nSPS) is 16.6. The molecule has 2 aromatic heterocycles. The highest BCUT2D eigenvalue weighted by molar-refractivity contribution is 5.97. The average Bonchev–Trinajstić information content (AvgIpc) is 3.19. The predicted molar refractivity (Wildman–Crippen MR) is 118 cm³/mol. The average molecular weight is 414 g/mol. The van der Waals surface area contributed by atoms with Crippen LogP contribution < -0.4 is 0 Å². The molecule has 0 spiro atoms. The molecule has 31 heavy (non-hydrogen) atoms. The molecule has 5 rings (SSSR count). The SMILES string of the molecule is Cn1cnc2cc(C(=O)N3CCC[C@H](c4cccc(-c5ccc(F)cc5)n4)C3)ccc21. The number of fused-ring (bicyclic) bond motifs is 1. The maximum Gasteiger partial charge on any atom is 0.253 e. The third kappa shape index (κ3) is 3.81. The van der Waals surface area contributed by atoms with Crippen molar-refractivity contribution < 1.29 is 9.18 Å². The molecule has 0 aliphatic carbocycles. The van der Waals surface area contributed by atoms with Gasteiger partial charge in [-0.2, -0.15) is 0 Å². The third-order valence-electron chi connectivity index (χ3n) is 6.01. The van der Waals surface area contributed by atoms with Gasteiger partial charge < -0.3 is 9.47 Å². The molecule has 6 heteroatoms. The van der Waals surface area contributed by atoms with Gasteiger partial charge in [-0.3, -0.25) is 9.78 Å². The smallest absolute Gasteiger partial charge is 0.253 e. The number of aromatic nitrogens is 3. The Labute approximate surface area is 180 Å². The molecule has 0 saturated carbocycles. The van der Waals surface area contributed by atoms with E-state index in [-0.39, 0.29) is 17.6 Å². The second-order valence-electron chi connectivity index (χ2n) is 8.10. The molecule has 156 valence electrons. The van der Waals surface area contributed by atoms with Gasteiger partial charge in [-0.25, -0.2) is 9.37 Å². The zero-order valence-corrected chi connectivity index (χ0v) is 17.3. The molecule has 0 radical (unpaired) electrons. The zero-order valence-electron chi connectivity index (χ0n) is 17.3. The number of halogens is 1. The van der Waals surface area contributed by atoms with Crippen LogP contribution in [0.5, 0.6) is 0 Å². The first-order valence-electron chi connectivity index (χ1n) is 10.5. The van der Waals surface area contributed by atoms with E-state index in [4.69, 9.17) is 4.98 Å². The first-order chi connectivity index (χ1) is 15.1. The van der Waals surface area contributed by atoms with Crippen LogP contribution in [0.1, 0.15) is 34.8 Å². The minimum Gasteiger partial charge on any atom is -0.338 e. The van der Waals surface area contributed by atoms with Crippen molar-refractivity contribution in [2.24, 2.45) is 7.05 Å². The number of rotatable bonds is 3. The molecule has 0 bridgehead atoms. The fourth-order valence-electron chi connectivity index (χ4n) is 4.31. The Balaban J connectivity index is 1.36. The van der Waals surface area contributed by atoms with Crippen LogP contribution in [0, 0.1) is 5.82 Å². The van der Waals surface area contributed by atoms with Gasteiger partial charge in [0.1, 0.15) is 5.82 Å². The standard InChI is InChI=1S/C25H23FN4O/c1-29-16-27-23-14-18(9-12-24(23)29)25(31)30-13-3-4-19(15-30)22-6-2-5-21(28-22)17-7-10-20(26)11-8-17/h2,5-12,14,16,19H,3-4,13,15H2,1H3/t19-/m0/s1. The Morgan fingerprint density at radius 1 is 1.10 bits per heavy atom. The molecule has 0 N–H and O–H groups in total. The predicted octanol–water partition coefficient (Wildman–Crippen LogP) is 4.79. The molecule has 1 amide bonds. The lowest BCUT2D eigenvalue weighted by Gasteiger charge is -2.32.